The third kappa shape index (κ3) is 3.47. The molecule has 0 aromatic heterocycles. The molecule has 0 saturated carbocycles. The fourth-order valence-corrected chi connectivity index (χ4v) is 2.20. The fourth-order valence-electron chi connectivity index (χ4n) is 2.20. The second-order valence-electron chi connectivity index (χ2n) is 4.66. The standard InChI is InChI=1S/C14H20N2O2/c1-18-14(17)12-4-6-13(7-5-12)16-10-11-3-2-8-15-9-11/h4-7,11,15-16H,2-3,8-10H2,1H3. The molecule has 4 nitrogen and oxygen atoms in total. The number of nitrogens with one attached hydrogen (secondary N) is 2. The van der Waals surface area contributed by atoms with Gasteiger partial charge in [-0.3, -0.25) is 0 Å². The molecule has 4 heteroatoms. The zero-order valence-corrected chi connectivity index (χ0v) is 10.7. The van der Waals surface area contributed by atoms with Crippen LogP contribution in [0.4, 0.5) is 5.69 Å². The maximum absolute atomic E-state index is 11.3. The Morgan fingerprint density at radius 3 is 2.83 bits per heavy atom. The molecule has 1 heterocycles. The molecule has 1 saturated heterocycles. The van der Waals surface area contributed by atoms with Crippen molar-refractivity contribution in [3.8, 4) is 0 Å². The molecular formula is C14H20N2O2. The van der Waals surface area contributed by atoms with Crippen LogP contribution in [0.15, 0.2) is 24.3 Å². The number of ether oxygens (including phenoxy) is 1. The van der Waals surface area contributed by atoms with E-state index >= 15 is 0 Å². The van der Waals surface area contributed by atoms with E-state index in [1.807, 2.05) is 12.1 Å². The molecule has 1 unspecified atom stereocenters. The van der Waals surface area contributed by atoms with Gasteiger partial charge in [-0.05, 0) is 56.1 Å². The van der Waals surface area contributed by atoms with Gasteiger partial charge in [-0.15, -0.1) is 0 Å². The Bertz CT molecular complexity index is 383. The SMILES string of the molecule is COC(=O)c1ccc(NCC2CCCNC2)cc1. The van der Waals surface area contributed by atoms with Gasteiger partial charge in [0.15, 0.2) is 0 Å². The van der Waals surface area contributed by atoms with E-state index in [2.05, 4.69) is 15.4 Å². The first-order valence-corrected chi connectivity index (χ1v) is 6.42. The van der Waals surface area contributed by atoms with Gasteiger partial charge in [-0.1, -0.05) is 0 Å². The Kier molecular flexibility index (Phi) is 4.59. The number of benzene rings is 1. The molecule has 1 fully saturated rings. The molecule has 0 spiro atoms. The van der Waals surface area contributed by atoms with Gasteiger partial charge in [-0.25, -0.2) is 4.79 Å². The first-order chi connectivity index (χ1) is 8.79. The molecule has 0 radical (unpaired) electrons. The number of hydrogen-bond acceptors (Lipinski definition) is 4. The van der Waals surface area contributed by atoms with E-state index in [0.717, 1.165) is 25.3 Å². The lowest BCUT2D eigenvalue weighted by Crippen LogP contribution is -2.33. The summed E-state index contributed by atoms with van der Waals surface area (Å²) in [6.45, 7) is 3.21. The molecule has 1 aromatic rings. The molecule has 2 rings (SSSR count). The molecule has 1 aliphatic heterocycles. The molecule has 18 heavy (non-hydrogen) atoms. The summed E-state index contributed by atoms with van der Waals surface area (Å²) in [6, 6.07) is 7.41. The molecule has 0 bridgehead atoms. The molecule has 2 N–H and O–H groups in total. The van der Waals surface area contributed by atoms with Crippen molar-refractivity contribution in [3.63, 3.8) is 0 Å². The number of carbonyl (C=O) groups is 1. The maximum Gasteiger partial charge on any atom is 0.337 e. The Morgan fingerprint density at radius 2 is 2.22 bits per heavy atom. The van der Waals surface area contributed by atoms with E-state index in [-0.39, 0.29) is 5.97 Å². The van der Waals surface area contributed by atoms with Crippen molar-refractivity contribution in [2.75, 3.05) is 32.1 Å². The predicted octanol–water partition coefficient (Wildman–Crippen LogP) is 1.88. The van der Waals surface area contributed by atoms with E-state index in [0.29, 0.717) is 11.5 Å². The molecule has 1 aromatic carbocycles. The highest BCUT2D eigenvalue weighted by Crippen LogP contribution is 2.14. The lowest BCUT2D eigenvalue weighted by atomic mass is 10.00. The van der Waals surface area contributed by atoms with Crippen LogP contribution in [0.25, 0.3) is 0 Å². The molecule has 0 aliphatic carbocycles. The highest BCUT2D eigenvalue weighted by atomic mass is 16.5. The highest BCUT2D eigenvalue weighted by Gasteiger charge is 2.12. The van der Waals surface area contributed by atoms with Gasteiger partial charge in [0.05, 0.1) is 12.7 Å². The Hall–Kier alpha value is -1.55. The number of anilines is 1. The largest absolute Gasteiger partial charge is 0.465 e. The molecular weight excluding hydrogens is 228 g/mol. The van der Waals surface area contributed by atoms with Crippen LogP contribution in [0.3, 0.4) is 0 Å². The predicted molar refractivity (Wildman–Crippen MR) is 71.9 cm³/mol. The van der Waals surface area contributed by atoms with Gasteiger partial charge in [0.2, 0.25) is 0 Å². The lowest BCUT2D eigenvalue weighted by Gasteiger charge is -2.23. The summed E-state index contributed by atoms with van der Waals surface area (Å²) in [5.41, 5.74) is 1.63. The lowest BCUT2D eigenvalue weighted by molar-refractivity contribution is 0.0601. The number of carbonyl (C=O) groups excluding carboxylic acids is 1. The molecule has 1 atom stereocenters. The van der Waals surface area contributed by atoms with Crippen molar-refractivity contribution in [2.45, 2.75) is 12.8 Å². The number of esters is 1. The fraction of sp³-hybridized carbons (Fsp3) is 0.500. The summed E-state index contributed by atoms with van der Waals surface area (Å²) in [7, 11) is 1.39. The van der Waals surface area contributed by atoms with Crippen LogP contribution in [0, 0.1) is 5.92 Å². The van der Waals surface area contributed by atoms with Crippen LogP contribution in [0.2, 0.25) is 0 Å². The van der Waals surface area contributed by atoms with E-state index in [4.69, 9.17) is 0 Å². The number of rotatable bonds is 4. The topological polar surface area (TPSA) is 50.4 Å². The molecule has 1 aliphatic rings. The van der Waals surface area contributed by atoms with Gasteiger partial charge in [0.25, 0.3) is 0 Å². The second-order valence-corrected chi connectivity index (χ2v) is 4.66. The third-order valence-corrected chi connectivity index (χ3v) is 3.30. The van der Waals surface area contributed by atoms with Crippen molar-refractivity contribution in [3.05, 3.63) is 29.8 Å². The summed E-state index contributed by atoms with van der Waals surface area (Å²) in [4.78, 5) is 11.3. The van der Waals surface area contributed by atoms with Crippen molar-refractivity contribution in [2.24, 2.45) is 5.92 Å². The normalized spacial score (nSPS) is 19.3. The second kappa shape index (κ2) is 6.40. The molecule has 0 amide bonds. The number of hydrogen-bond donors (Lipinski definition) is 2. The van der Waals surface area contributed by atoms with Crippen LogP contribution in [0.1, 0.15) is 23.2 Å². The Balaban J connectivity index is 1.84. The zero-order chi connectivity index (χ0) is 12.8. The van der Waals surface area contributed by atoms with Gasteiger partial charge in [0, 0.05) is 12.2 Å². The van der Waals surface area contributed by atoms with E-state index in [1.165, 1.54) is 20.0 Å². The monoisotopic (exact) mass is 248 g/mol. The van der Waals surface area contributed by atoms with Gasteiger partial charge >= 0.3 is 5.97 Å². The van der Waals surface area contributed by atoms with Crippen molar-refractivity contribution in [1.29, 1.82) is 0 Å². The third-order valence-electron chi connectivity index (χ3n) is 3.30. The molecule has 98 valence electrons. The Morgan fingerprint density at radius 1 is 1.44 bits per heavy atom. The minimum absolute atomic E-state index is 0.293. The first kappa shape index (κ1) is 12.9. The van der Waals surface area contributed by atoms with E-state index < -0.39 is 0 Å². The van der Waals surface area contributed by atoms with Crippen LogP contribution in [0.5, 0.6) is 0 Å². The Labute approximate surface area is 108 Å². The summed E-state index contributed by atoms with van der Waals surface area (Å²) in [5, 5.41) is 6.81. The first-order valence-electron chi connectivity index (χ1n) is 6.42. The highest BCUT2D eigenvalue weighted by molar-refractivity contribution is 5.89. The average Bonchev–Trinajstić information content (AvgIpc) is 2.46. The quantitative estimate of drug-likeness (QED) is 0.799. The minimum Gasteiger partial charge on any atom is -0.465 e. The van der Waals surface area contributed by atoms with Crippen molar-refractivity contribution in [1.82, 2.24) is 5.32 Å². The summed E-state index contributed by atoms with van der Waals surface area (Å²) < 4.78 is 4.66. The van der Waals surface area contributed by atoms with Crippen LogP contribution in [-0.4, -0.2) is 32.7 Å². The van der Waals surface area contributed by atoms with Crippen molar-refractivity contribution < 1.29 is 9.53 Å². The van der Waals surface area contributed by atoms with Crippen LogP contribution in [-0.2, 0) is 4.74 Å². The number of piperidine rings is 1. The summed E-state index contributed by atoms with van der Waals surface area (Å²) >= 11 is 0. The van der Waals surface area contributed by atoms with E-state index in [9.17, 15) is 4.79 Å². The number of methoxy groups -OCH3 is 1. The van der Waals surface area contributed by atoms with Gasteiger partial charge in [0.1, 0.15) is 0 Å². The minimum atomic E-state index is -0.293. The maximum atomic E-state index is 11.3. The van der Waals surface area contributed by atoms with E-state index in [1.54, 1.807) is 12.1 Å². The summed E-state index contributed by atoms with van der Waals surface area (Å²) in [6.07, 6.45) is 2.54. The van der Waals surface area contributed by atoms with Crippen molar-refractivity contribution >= 4 is 11.7 Å². The van der Waals surface area contributed by atoms with Crippen LogP contribution >= 0.6 is 0 Å². The van der Waals surface area contributed by atoms with Gasteiger partial charge in [-0.2, -0.15) is 0 Å². The zero-order valence-electron chi connectivity index (χ0n) is 10.7. The van der Waals surface area contributed by atoms with Crippen LogP contribution < -0.4 is 10.6 Å². The average molecular weight is 248 g/mol. The smallest absolute Gasteiger partial charge is 0.337 e. The summed E-state index contributed by atoms with van der Waals surface area (Å²) in [5.74, 6) is 0.400. The van der Waals surface area contributed by atoms with Gasteiger partial charge < -0.3 is 15.4 Å².